The number of benzene rings is 2. The summed E-state index contributed by atoms with van der Waals surface area (Å²) in [6.45, 7) is 3.57. The lowest BCUT2D eigenvalue weighted by Crippen LogP contribution is -2.29. The van der Waals surface area contributed by atoms with Crippen LogP contribution >= 0.6 is 23.1 Å². The number of nitrogens with zero attached hydrogens (tertiary/aromatic N) is 6. The van der Waals surface area contributed by atoms with E-state index in [-0.39, 0.29) is 39.2 Å². The molecule has 0 bridgehead atoms. The van der Waals surface area contributed by atoms with E-state index in [1.807, 2.05) is 19.1 Å². The lowest BCUT2D eigenvalue weighted by atomic mass is 9.96. The van der Waals surface area contributed by atoms with Gasteiger partial charge in [-0.25, -0.2) is 9.37 Å². The van der Waals surface area contributed by atoms with Crippen LogP contribution in [0.15, 0.2) is 76.8 Å². The number of rotatable bonds is 7. The van der Waals surface area contributed by atoms with Gasteiger partial charge in [0.25, 0.3) is 11.5 Å². The Hall–Kier alpha value is -4.95. The molecule has 1 amide bonds. The number of anilines is 1. The number of hydrogen-bond acceptors (Lipinski definition) is 10. The first-order valence-electron chi connectivity index (χ1n) is 12.9. The van der Waals surface area contributed by atoms with E-state index in [9.17, 15) is 29.2 Å². The van der Waals surface area contributed by atoms with Gasteiger partial charge in [-0.05, 0) is 42.7 Å². The Kier molecular flexibility index (Phi) is 7.23. The van der Waals surface area contributed by atoms with Gasteiger partial charge in [0.15, 0.2) is 10.1 Å². The van der Waals surface area contributed by atoms with Crippen molar-refractivity contribution in [3.05, 3.63) is 116 Å². The van der Waals surface area contributed by atoms with Gasteiger partial charge in [-0.2, -0.15) is 0 Å². The minimum Gasteiger partial charge on any atom is -0.505 e. The monoisotopic (exact) mass is 616 g/mol. The molecule has 1 saturated heterocycles. The topological polar surface area (TPSA) is 144 Å². The Labute approximate surface area is 251 Å². The van der Waals surface area contributed by atoms with E-state index in [4.69, 9.17) is 0 Å². The quantitative estimate of drug-likeness (QED) is 0.0458. The molecule has 1 aliphatic rings. The predicted molar refractivity (Wildman–Crippen MR) is 158 cm³/mol. The molecule has 2 aromatic carbocycles. The highest BCUT2D eigenvalue weighted by Crippen LogP contribution is 2.45. The van der Waals surface area contributed by atoms with Crippen LogP contribution in [0.5, 0.6) is 0 Å². The molecule has 43 heavy (non-hydrogen) atoms. The molecule has 1 N–H and O–H groups in total. The Morgan fingerprint density at radius 1 is 1.12 bits per heavy atom. The number of hydrogen-bond donors (Lipinski definition) is 1. The highest BCUT2D eigenvalue weighted by molar-refractivity contribution is 8.00. The van der Waals surface area contributed by atoms with E-state index in [1.54, 1.807) is 35.7 Å². The number of non-ortho nitro benzene ring substituents is 1. The molecule has 1 unspecified atom stereocenters. The van der Waals surface area contributed by atoms with E-state index >= 15 is 0 Å². The fourth-order valence-electron chi connectivity index (χ4n) is 4.94. The number of pyridine rings is 1. The van der Waals surface area contributed by atoms with Gasteiger partial charge in [-0.1, -0.05) is 59.5 Å². The third-order valence-corrected chi connectivity index (χ3v) is 9.17. The molecule has 0 aliphatic carbocycles. The van der Waals surface area contributed by atoms with Crippen molar-refractivity contribution < 1.29 is 24.0 Å². The van der Waals surface area contributed by atoms with E-state index in [2.05, 4.69) is 15.2 Å². The van der Waals surface area contributed by atoms with Crippen LogP contribution in [-0.2, 0) is 15.3 Å². The second-order valence-electron chi connectivity index (χ2n) is 9.68. The Morgan fingerprint density at radius 2 is 1.91 bits per heavy atom. The molecule has 4 heterocycles. The van der Waals surface area contributed by atoms with Crippen LogP contribution in [0.1, 0.15) is 34.1 Å². The van der Waals surface area contributed by atoms with Crippen molar-refractivity contribution >= 4 is 57.0 Å². The predicted octanol–water partition coefficient (Wildman–Crippen LogP) is 5.77. The number of imidazole rings is 1. The van der Waals surface area contributed by atoms with E-state index in [0.29, 0.717) is 21.2 Å². The fourth-order valence-corrected chi connectivity index (χ4v) is 6.79. The van der Waals surface area contributed by atoms with Crippen LogP contribution in [0.25, 0.3) is 11.4 Å². The zero-order chi connectivity index (χ0) is 30.4. The number of nitro groups is 1. The van der Waals surface area contributed by atoms with Crippen molar-refractivity contribution in [1.82, 2.24) is 19.6 Å². The normalized spacial score (nSPS) is 16.3. The summed E-state index contributed by atoms with van der Waals surface area (Å²) in [6, 6.07) is 14.2. The van der Waals surface area contributed by atoms with E-state index in [0.717, 1.165) is 21.8 Å². The molecule has 0 radical (unpaired) electrons. The van der Waals surface area contributed by atoms with Crippen molar-refractivity contribution in [1.29, 1.82) is 0 Å². The summed E-state index contributed by atoms with van der Waals surface area (Å²) in [6.07, 6.45) is 1.76. The molecule has 0 spiro atoms. The summed E-state index contributed by atoms with van der Waals surface area (Å²) in [7, 11) is 0. The largest absolute Gasteiger partial charge is 0.505 e. The number of Topliss-reactive ketones (excluding diaryl/α,β-unsaturated/α-hetero) is 1. The molecule has 3 aromatic heterocycles. The highest BCUT2D eigenvalue weighted by Gasteiger charge is 2.49. The molecule has 14 heteroatoms. The number of halogens is 1. The van der Waals surface area contributed by atoms with Crippen molar-refractivity contribution in [3.63, 3.8) is 0 Å². The molecule has 1 fully saturated rings. The van der Waals surface area contributed by atoms with E-state index in [1.165, 1.54) is 42.1 Å². The molecule has 1 aliphatic heterocycles. The second kappa shape index (κ2) is 11.0. The maximum Gasteiger partial charge on any atom is 0.301 e. The van der Waals surface area contributed by atoms with Crippen molar-refractivity contribution in [2.24, 2.45) is 0 Å². The second-order valence-corrected chi connectivity index (χ2v) is 11.9. The zero-order valence-corrected chi connectivity index (χ0v) is 24.2. The summed E-state index contributed by atoms with van der Waals surface area (Å²) < 4.78 is 16.3. The van der Waals surface area contributed by atoms with E-state index < -0.39 is 28.4 Å². The smallest absolute Gasteiger partial charge is 0.301 e. The average Bonchev–Trinajstić information content (AvgIpc) is 3.67. The fraction of sp³-hybridized carbons (Fsp3) is 0.138. The number of aliphatic hydroxyl groups is 1. The molecular weight excluding hydrogens is 595 g/mol. The van der Waals surface area contributed by atoms with Gasteiger partial charge in [0.1, 0.15) is 17.2 Å². The first kappa shape index (κ1) is 28.2. The maximum atomic E-state index is 14.1. The number of ketones is 1. The number of aromatic nitrogens is 4. The van der Waals surface area contributed by atoms with Crippen molar-refractivity contribution in [2.75, 3.05) is 4.90 Å². The lowest BCUT2D eigenvalue weighted by molar-refractivity contribution is -0.384. The summed E-state index contributed by atoms with van der Waals surface area (Å²) in [5.74, 6) is -2.62. The number of aryl methyl sites for hydroxylation is 2. The van der Waals surface area contributed by atoms with Crippen LogP contribution < -0.4 is 4.90 Å². The van der Waals surface area contributed by atoms with Gasteiger partial charge >= 0.3 is 5.91 Å². The standard InChI is InChI=1S/C29H21FN6O5S2/c1-15-7-6-12-34-16(2)22(31-26(15)34)24(37)21-23(17-9-5-10-19(13-17)36(40)41)35(27(39)25(21)38)28-32-33-29(43-28)42-14-18-8-3-4-11-20(18)30/h3-13,23,37H,14H2,1-2H3. The first-order valence-corrected chi connectivity index (χ1v) is 14.7. The number of aliphatic hydroxyl groups excluding tert-OH is 1. The zero-order valence-electron chi connectivity index (χ0n) is 22.6. The van der Waals surface area contributed by atoms with Gasteiger partial charge < -0.3 is 9.51 Å². The molecule has 5 aromatic rings. The number of fused-ring (bicyclic) bond motifs is 1. The summed E-state index contributed by atoms with van der Waals surface area (Å²) in [4.78, 5) is 43.8. The minimum atomic E-state index is -1.26. The van der Waals surface area contributed by atoms with Crippen LogP contribution in [0.4, 0.5) is 15.2 Å². The number of carbonyl (C=O) groups is 2. The Balaban J connectivity index is 1.47. The molecule has 216 valence electrons. The van der Waals surface area contributed by atoms with Gasteiger partial charge in [0, 0.05) is 24.1 Å². The summed E-state index contributed by atoms with van der Waals surface area (Å²) in [5, 5.41) is 31.5. The molecular formula is C29H21FN6O5S2. The van der Waals surface area contributed by atoms with Gasteiger partial charge in [0.2, 0.25) is 5.13 Å². The summed E-state index contributed by atoms with van der Waals surface area (Å²) in [5.41, 5.74) is 2.14. The van der Waals surface area contributed by atoms with Gasteiger partial charge in [-0.15, -0.1) is 10.2 Å². The number of amides is 1. The van der Waals surface area contributed by atoms with Crippen LogP contribution in [0, 0.1) is 29.8 Å². The SMILES string of the molecule is Cc1cccn2c(C)c(C(O)=C3C(=O)C(=O)N(c4nnc(SCc5ccccc5F)s4)C3c3cccc([N+](=O)[O-])c3)nc12. The van der Waals surface area contributed by atoms with Gasteiger partial charge in [-0.3, -0.25) is 24.6 Å². The minimum absolute atomic E-state index is 0.0382. The summed E-state index contributed by atoms with van der Waals surface area (Å²) >= 11 is 2.20. The number of nitro benzene ring substituents is 1. The third kappa shape index (κ3) is 4.93. The number of thioether (sulfide) groups is 1. The first-order chi connectivity index (χ1) is 20.7. The molecule has 11 nitrogen and oxygen atoms in total. The van der Waals surface area contributed by atoms with Crippen LogP contribution in [0.3, 0.4) is 0 Å². The highest BCUT2D eigenvalue weighted by atomic mass is 32.2. The molecule has 6 rings (SSSR count). The van der Waals surface area contributed by atoms with Crippen molar-refractivity contribution in [2.45, 2.75) is 30.0 Å². The maximum absolute atomic E-state index is 14.1. The number of carbonyl (C=O) groups excluding carboxylic acids is 2. The van der Waals surface area contributed by atoms with Gasteiger partial charge in [0.05, 0.1) is 22.2 Å². The van der Waals surface area contributed by atoms with Crippen LogP contribution in [0.2, 0.25) is 0 Å². The van der Waals surface area contributed by atoms with Crippen LogP contribution in [-0.4, -0.2) is 41.3 Å². The Morgan fingerprint density at radius 3 is 2.65 bits per heavy atom. The lowest BCUT2D eigenvalue weighted by Gasteiger charge is -2.22. The average molecular weight is 617 g/mol. The molecule has 0 saturated carbocycles. The third-order valence-electron chi connectivity index (χ3n) is 7.06. The molecule has 1 atom stereocenters. The van der Waals surface area contributed by atoms with Crippen molar-refractivity contribution in [3.8, 4) is 0 Å². The Bertz CT molecular complexity index is 1990.